The van der Waals surface area contributed by atoms with Crippen molar-refractivity contribution in [1.29, 1.82) is 0 Å². The monoisotopic (exact) mass is 599 g/mol. The first-order valence-corrected chi connectivity index (χ1v) is 17.3. The zero-order chi connectivity index (χ0) is 33.9. The molecular formula is C41H74O2. The molecule has 2 N–H and O–H groups in total. The van der Waals surface area contributed by atoms with Crippen LogP contribution < -0.4 is 0 Å². The molecule has 3 atom stereocenters. The van der Waals surface area contributed by atoms with Crippen molar-refractivity contribution in [3.8, 4) is 0 Å². The zero-order valence-electron chi connectivity index (χ0n) is 32.2. The Morgan fingerprint density at radius 3 is 1.56 bits per heavy atom. The van der Waals surface area contributed by atoms with E-state index in [-0.39, 0.29) is 61.9 Å². The van der Waals surface area contributed by atoms with Crippen LogP contribution in [0.3, 0.4) is 0 Å². The summed E-state index contributed by atoms with van der Waals surface area (Å²) >= 11 is 0. The lowest BCUT2D eigenvalue weighted by atomic mass is 9.56. The molecule has 0 bridgehead atoms. The van der Waals surface area contributed by atoms with E-state index in [0.29, 0.717) is 5.92 Å². The van der Waals surface area contributed by atoms with Gasteiger partial charge in [-0.1, -0.05) is 143 Å². The van der Waals surface area contributed by atoms with Crippen molar-refractivity contribution in [3.63, 3.8) is 0 Å². The quantitative estimate of drug-likeness (QED) is 0.224. The minimum absolute atomic E-state index is 0.0331. The van der Waals surface area contributed by atoms with Crippen LogP contribution in [0.25, 0.3) is 0 Å². The van der Waals surface area contributed by atoms with Crippen LogP contribution in [0.15, 0.2) is 18.2 Å². The fraction of sp³-hybridized carbons (Fsp3) is 0.854. The van der Waals surface area contributed by atoms with Gasteiger partial charge in [-0.25, -0.2) is 0 Å². The summed E-state index contributed by atoms with van der Waals surface area (Å²) in [4.78, 5) is 0. The zero-order valence-corrected chi connectivity index (χ0v) is 32.2. The summed E-state index contributed by atoms with van der Waals surface area (Å²) in [5.41, 5.74) is 5.26. The molecule has 2 heteroatoms. The molecule has 0 amide bonds. The lowest BCUT2D eigenvalue weighted by Crippen LogP contribution is -2.41. The van der Waals surface area contributed by atoms with E-state index >= 15 is 0 Å². The highest BCUT2D eigenvalue weighted by Crippen LogP contribution is 2.74. The van der Waals surface area contributed by atoms with E-state index in [1.807, 2.05) is 0 Å². The number of hydrogen-bond donors (Lipinski definition) is 2. The molecule has 1 aliphatic rings. The van der Waals surface area contributed by atoms with Crippen LogP contribution >= 0.6 is 0 Å². The molecule has 1 saturated carbocycles. The van der Waals surface area contributed by atoms with E-state index in [1.165, 1.54) is 16.7 Å². The predicted molar refractivity (Wildman–Crippen MR) is 189 cm³/mol. The summed E-state index contributed by atoms with van der Waals surface area (Å²) in [6.07, 6.45) is 5.05. The summed E-state index contributed by atoms with van der Waals surface area (Å²) in [6, 6.07) is 7.66. The molecular weight excluding hydrogens is 524 g/mol. The van der Waals surface area contributed by atoms with E-state index in [2.05, 4.69) is 143 Å². The summed E-state index contributed by atoms with van der Waals surface area (Å²) in [7, 11) is 0. The Hall–Kier alpha value is -0.860. The van der Waals surface area contributed by atoms with Gasteiger partial charge in [0, 0.05) is 18.6 Å². The maximum atomic E-state index is 9.83. The van der Waals surface area contributed by atoms with Gasteiger partial charge in [0.1, 0.15) is 0 Å². The van der Waals surface area contributed by atoms with Crippen molar-refractivity contribution in [2.24, 2.45) is 38.4 Å². The molecule has 250 valence electrons. The SMILES string of the molecule is CC1C(C)(CC(C)(C)C(C)(C)CCO)C1(C)c1cc(C(C)(C)C)cc(C(C)(C)C(C)(C)CC(C)(C)CC(C)(C)CCO)c1. The van der Waals surface area contributed by atoms with Crippen LogP contribution in [0.5, 0.6) is 0 Å². The lowest BCUT2D eigenvalue weighted by molar-refractivity contribution is 0.0423. The van der Waals surface area contributed by atoms with Gasteiger partial charge in [-0.2, -0.15) is 0 Å². The van der Waals surface area contributed by atoms with Crippen molar-refractivity contribution in [3.05, 3.63) is 34.9 Å². The average Bonchev–Trinajstić information content (AvgIpc) is 3.21. The van der Waals surface area contributed by atoms with Crippen LogP contribution in [-0.2, 0) is 16.2 Å². The van der Waals surface area contributed by atoms with E-state index < -0.39 is 0 Å². The Morgan fingerprint density at radius 1 is 0.605 bits per heavy atom. The van der Waals surface area contributed by atoms with E-state index in [4.69, 9.17) is 0 Å². The van der Waals surface area contributed by atoms with Crippen molar-refractivity contribution < 1.29 is 10.2 Å². The summed E-state index contributed by atoms with van der Waals surface area (Å²) in [6.45, 7) is 44.0. The molecule has 3 unspecified atom stereocenters. The van der Waals surface area contributed by atoms with Crippen LogP contribution in [0.4, 0.5) is 0 Å². The predicted octanol–water partition coefficient (Wildman–Crippen LogP) is 11.2. The molecule has 0 radical (unpaired) electrons. The van der Waals surface area contributed by atoms with Gasteiger partial charge in [0.15, 0.2) is 0 Å². The second kappa shape index (κ2) is 11.7. The van der Waals surface area contributed by atoms with Crippen LogP contribution in [0.1, 0.15) is 173 Å². The largest absolute Gasteiger partial charge is 0.396 e. The summed E-state index contributed by atoms with van der Waals surface area (Å²) in [5, 5.41) is 19.5. The van der Waals surface area contributed by atoms with Gasteiger partial charge in [0.25, 0.3) is 0 Å². The third kappa shape index (κ3) is 7.42. The third-order valence-corrected chi connectivity index (χ3v) is 13.8. The fourth-order valence-corrected chi connectivity index (χ4v) is 9.12. The Bertz CT molecular complexity index is 1110. The number of aliphatic hydroxyl groups is 2. The van der Waals surface area contributed by atoms with Gasteiger partial charge in [-0.05, 0) is 98.0 Å². The molecule has 1 aromatic carbocycles. The molecule has 1 fully saturated rings. The molecule has 1 aromatic rings. The van der Waals surface area contributed by atoms with E-state index in [0.717, 1.165) is 32.1 Å². The first-order valence-electron chi connectivity index (χ1n) is 17.3. The number of rotatable bonds is 14. The van der Waals surface area contributed by atoms with Crippen molar-refractivity contribution in [2.75, 3.05) is 13.2 Å². The Kier molecular flexibility index (Phi) is 10.5. The van der Waals surface area contributed by atoms with Gasteiger partial charge in [-0.3, -0.25) is 0 Å². The van der Waals surface area contributed by atoms with E-state index in [1.54, 1.807) is 0 Å². The molecule has 0 aromatic heterocycles. The minimum atomic E-state index is -0.0331. The highest BCUT2D eigenvalue weighted by molar-refractivity contribution is 5.47. The van der Waals surface area contributed by atoms with Crippen molar-refractivity contribution in [2.45, 2.75) is 173 Å². The Balaban J connectivity index is 2.61. The standard InChI is InChI=1S/C41H74O2/c1-29-40(17,28-37(11,12)36(9,10)20-22-43)41(29,18)32-24-30(33(2,3)4)23-31(25-32)39(15,16)38(13,14)27-35(7,8)26-34(5,6)19-21-42/h23-25,29,42-43H,19-22,26-28H2,1-18H3. The van der Waals surface area contributed by atoms with Gasteiger partial charge < -0.3 is 10.2 Å². The molecule has 2 rings (SSSR count). The molecule has 0 saturated heterocycles. The van der Waals surface area contributed by atoms with Crippen molar-refractivity contribution >= 4 is 0 Å². The second-order valence-corrected chi connectivity index (χ2v) is 20.5. The number of benzene rings is 1. The Morgan fingerprint density at radius 2 is 1.09 bits per heavy atom. The maximum absolute atomic E-state index is 9.83. The van der Waals surface area contributed by atoms with Gasteiger partial charge in [0.2, 0.25) is 0 Å². The van der Waals surface area contributed by atoms with Crippen LogP contribution in [-0.4, -0.2) is 23.4 Å². The summed E-state index contributed by atoms with van der Waals surface area (Å²) < 4.78 is 0. The topological polar surface area (TPSA) is 40.5 Å². The molecule has 43 heavy (non-hydrogen) atoms. The molecule has 0 spiro atoms. The fourth-order valence-electron chi connectivity index (χ4n) is 9.12. The molecule has 1 aliphatic carbocycles. The highest BCUT2D eigenvalue weighted by atomic mass is 16.3. The Labute approximate surface area is 269 Å². The highest BCUT2D eigenvalue weighted by Gasteiger charge is 2.70. The second-order valence-electron chi connectivity index (χ2n) is 20.5. The first-order chi connectivity index (χ1) is 19.0. The summed E-state index contributed by atoms with van der Waals surface area (Å²) in [5.74, 6) is 0.580. The molecule has 2 nitrogen and oxygen atoms in total. The first kappa shape index (κ1) is 38.3. The number of hydrogen-bond acceptors (Lipinski definition) is 2. The van der Waals surface area contributed by atoms with Crippen LogP contribution in [0, 0.1) is 38.4 Å². The van der Waals surface area contributed by atoms with Crippen molar-refractivity contribution in [1.82, 2.24) is 0 Å². The lowest BCUT2D eigenvalue weighted by Gasteiger charge is -2.48. The van der Waals surface area contributed by atoms with E-state index in [9.17, 15) is 10.2 Å². The van der Waals surface area contributed by atoms with Gasteiger partial charge in [-0.15, -0.1) is 0 Å². The average molecular weight is 599 g/mol. The maximum Gasteiger partial charge on any atom is 0.0436 e. The minimum Gasteiger partial charge on any atom is -0.396 e. The number of aliphatic hydroxyl groups excluding tert-OH is 2. The van der Waals surface area contributed by atoms with Crippen LogP contribution in [0.2, 0.25) is 0 Å². The van der Waals surface area contributed by atoms with Gasteiger partial charge >= 0.3 is 0 Å². The normalized spacial score (nSPS) is 24.4. The third-order valence-electron chi connectivity index (χ3n) is 13.8. The smallest absolute Gasteiger partial charge is 0.0436 e. The van der Waals surface area contributed by atoms with Gasteiger partial charge in [0.05, 0.1) is 0 Å². The molecule has 0 heterocycles. The molecule has 0 aliphatic heterocycles.